The van der Waals surface area contributed by atoms with Crippen molar-refractivity contribution in [1.29, 1.82) is 0 Å². The Bertz CT molecular complexity index is 273. The van der Waals surface area contributed by atoms with E-state index in [0.29, 0.717) is 6.04 Å². The van der Waals surface area contributed by atoms with Crippen molar-refractivity contribution < 1.29 is 9.53 Å². The Morgan fingerprint density at radius 1 is 1.56 bits per heavy atom. The molecule has 1 amide bonds. The minimum absolute atomic E-state index is 0.273. The lowest BCUT2D eigenvalue weighted by molar-refractivity contribution is -0.123. The summed E-state index contributed by atoms with van der Waals surface area (Å²) in [6.07, 6.45) is 2.89. The summed E-state index contributed by atoms with van der Waals surface area (Å²) in [6.45, 7) is 7.81. The van der Waals surface area contributed by atoms with Gasteiger partial charge in [-0.25, -0.2) is 0 Å². The van der Waals surface area contributed by atoms with Gasteiger partial charge in [0.25, 0.3) is 0 Å². The van der Waals surface area contributed by atoms with E-state index in [0.717, 1.165) is 45.6 Å². The SMILES string of the molecule is CNC(C)(CCCCN1CCOCC1C)C(N)=O. The van der Waals surface area contributed by atoms with Crippen molar-refractivity contribution in [2.45, 2.75) is 44.7 Å². The first-order valence-electron chi connectivity index (χ1n) is 6.80. The molecule has 1 rings (SSSR count). The van der Waals surface area contributed by atoms with Crippen LogP contribution in [0.3, 0.4) is 0 Å². The Morgan fingerprint density at radius 3 is 2.83 bits per heavy atom. The predicted molar refractivity (Wildman–Crippen MR) is 72.4 cm³/mol. The highest BCUT2D eigenvalue weighted by atomic mass is 16.5. The summed E-state index contributed by atoms with van der Waals surface area (Å²) >= 11 is 0. The number of primary amides is 1. The van der Waals surface area contributed by atoms with E-state index < -0.39 is 5.54 Å². The van der Waals surface area contributed by atoms with Crippen LogP contribution in [0.25, 0.3) is 0 Å². The van der Waals surface area contributed by atoms with Crippen molar-refractivity contribution in [2.75, 3.05) is 33.4 Å². The number of amides is 1. The molecule has 1 aliphatic heterocycles. The van der Waals surface area contributed by atoms with E-state index in [1.54, 1.807) is 7.05 Å². The average molecular weight is 257 g/mol. The number of unbranched alkanes of at least 4 members (excludes halogenated alkanes) is 1. The zero-order valence-corrected chi connectivity index (χ0v) is 11.9. The highest BCUT2D eigenvalue weighted by Crippen LogP contribution is 2.14. The monoisotopic (exact) mass is 257 g/mol. The van der Waals surface area contributed by atoms with Crippen LogP contribution in [0.15, 0.2) is 0 Å². The van der Waals surface area contributed by atoms with Gasteiger partial charge in [-0.3, -0.25) is 9.69 Å². The number of hydrogen-bond acceptors (Lipinski definition) is 4. The standard InChI is InChI=1S/C13H27N3O2/c1-11-10-18-9-8-16(11)7-5-4-6-13(2,15-3)12(14)17/h11,15H,4-10H2,1-3H3,(H2,14,17). The lowest BCUT2D eigenvalue weighted by atomic mass is 9.94. The first-order chi connectivity index (χ1) is 8.49. The molecule has 0 bridgehead atoms. The lowest BCUT2D eigenvalue weighted by Gasteiger charge is -2.33. The Hall–Kier alpha value is -0.650. The lowest BCUT2D eigenvalue weighted by Crippen LogP contribution is -2.51. The molecule has 18 heavy (non-hydrogen) atoms. The van der Waals surface area contributed by atoms with E-state index in [1.165, 1.54) is 0 Å². The number of nitrogens with zero attached hydrogens (tertiary/aromatic N) is 1. The maximum atomic E-state index is 11.3. The van der Waals surface area contributed by atoms with Crippen molar-refractivity contribution in [3.05, 3.63) is 0 Å². The molecular formula is C13H27N3O2. The van der Waals surface area contributed by atoms with E-state index in [1.807, 2.05) is 6.92 Å². The second kappa shape index (κ2) is 7.07. The summed E-state index contributed by atoms with van der Waals surface area (Å²) in [5, 5.41) is 3.02. The molecule has 1 heterocycles. The van der Waals surface area contributed by atoms with Crippen LogP contribution in [0.5, 0.6) is 0 Å². The summed E-state index contributed by atoms with van der Waals surface area (Å²) in [7, 11) is 1.79. The van der Waals surface area contributed by atoms with Gasteiger partial charge in [-0.2, -0.15) is 0 Å². The van der Waals surface area contributed by atoms with Crippen LogP contribution in [0.4, 0.5) is 0 Å². The normalized spacial score (nSPS) is 24.7. The number of rotatable bonds is 7. The summed E-state index contributed by atoms with van der Waals surface area (Å²) in [6, 6.07) is 0.505. The molecule has 2 unspecified atom stereocenters. The molecule has 5 heteroatoms. The second-order valence-corrected chi connectivity index (χ2v) is 5.36. The van der Waals surface area contributed by atoms with Gasteiger partial charge in [0.15, 0.2) is 0 Å². The Kier molecular flexibility index (Phi) is 6.05. The van der Waals surface area contributed by atoms with E-state index in [4.69, 9.17) is 10.5 Å². The first-order valence-corrected chi connectivity index (χ1v) is 6.80. The molecule has 0 aromatic carbocycles. The topological polar surface area (TPSA) is 67.6 Å². The summed E-state index contributed by atoms with van der Waals surface area (Å²) in [4.78, 5) is 13.8. The van der Waals surface area contributed by atoms with Crippen LogP contribution >= 0.6 is 0 Å². The first kappa shape index (κ1) is 15.4. The molecule has 1 aliphatic rings. The van der Waals surface area contributed by atoms with Crippen LogP contribution < -0.4 is 11.1 Å². The van der Waals surface area contributed by atoms with E-state index in [-0.39, 0.29) is 5.91 Å². The van der Waals surface area contributed by atoms with Crippen molar-refractivity contribution in [3.8, 4) is 0 Å². The van der Waals surface area contributed by atoms with Crippen molar-refractivity contribution in [3.63, 3.8) is 0 Å². The van der Waals surface area contributed by atoms with E-state index in [2.05, 4.69) is 17.1 Å². The predicted octanol–water partition coefficient (Wildman–Crippen LogP) is 0.341. The summed E-state index contributed by atoms with van der Waals surface area (Å²) in [5.41, 5.74) is 4.83. The van der Waals surface area contributed by atoms with Crippen LogP contribution in [-0.2, 0) is 9.53 Å². The summed E-state index contributed by atoms with van der Waals surface area (Å²) < 4.78 is 5.41. The van der Waals surface area contributed by atoms with Gasteiger partial charge in [0.2, 0.25) is 5.91 Å². The Balaban J connectivity index is 2.23. The van der Waals surface area contributed by atoms with E-state index >= 15 is 0 Å². The fourth-order valence-corrected chi connectivity index (χ4v) is 2.26. The third kappa shape index (κ3) is 4.23. The van der Waals surface area contributed by atoms with Gasteiger partial charge >= 0.3 is 0 Å². The van der Waals surface area contributed by atoms with Gasteiger partial charge in [-0.1, -0.05) is 0 Å². The van der Waals surface area contributed by atoms with Gasteiger partial charge in [0, 0.05) is 12.6 Å². The van der Waals surface area contributed by atoms with Crippen molar-refractivity contribution >= 4 is 5.91 Å². The highest BCUT2D eigenvalue weighted by Gasteiger charge is 2.28. The maximum absolute atomic E-state index is 11.3. The fraction of sp³-hybridized carbons (Fsp3) is 0.923. The van der Waals surface area contributed by atoms with Gasteiger partial charge in [0.1, 0.15) is 0 Å². The molecule has 1 fully saturated rings. The number of ether oxygens (including phenoxy) is 1. The number of nitrogens with two attached hydrogens (primary N) is 1. The highest BCUT2D eigenvalue weighted by molar-refractivity contribution is 5.84. The van der Waals surface area contributed by atoms with Crippen LogP contribution in [-0.4, -0.2) is 55.7 Å². The van der Waals surface area contributed by atoms with Crippen molar-refractivity contribution in [1.82, 2.24) is 10.2 Å². The summed E-state index contributed by atoms with van der Waals surface area (Å²) in [5.74, 6) is -0.273. The number of nitrogens with one attached hydrogen (secondary N) is 1. The second-order valence-electron chi connectivity index (χ2n) is 5.36. The molecular weight excluding hydrogens is 230 g/mol. The van der Waals surface area contributed by atoms with Gasteiger partial charge in [-0.05, 0) is 46.7 Å². The van der Waals surface area contributed by atoms with Crippen LogP contribution in [0, 0.1) is 0 Å². The van der Waals surface area contributed by atoms with Gasteiger partial charge < -0.3 is 15.8 Å². The maximum Gasteiger partial charge on any atom is 0.237 e. The smallest absolute Gasteiger partial charge is 0.237 e. The van der Waals surface area contributed by atoms with Crippen LogP contribution in [0.1, 0.15) is 33.1 Å². The molecule has 0 radical (unpaired) electrons. The van der Waals surface area contributed by atoms with Gasteiger partial charge in [0.05, 0.1) is 18.8 Å². The van der Waals surface area contributed by atoms with Gasteiger partial charge in [-0.15, -0.1) is 0 Å². The third-order valence-electron chi connectivity index (χ3n) is 3.97. The Labute approximate surface area is 110 Å². The molecule has 0 aromatic heterocycles. The molecule has 0 saturated carbocycles. The number of carbonyl (C=O) groups is 1. The molecule has 2 atom stereocenters. The minimum atomic E-state index is -0.573. The number of carbonyl (C=O) groups excluding carboxylic acids is 1. The zero-order chi connectivity index (χ0) is 13.6. The molecule has 3 N–H and O–H groups in total. The number of hydrogen-bond donors (Lipinski definition) is 2. The molecule has 1 saturated heterocycles. The molecule has 0 spiro atoms. The average Bonchev–Trinajstić information content (AvgIpc) is 2.36. The largest absolute Gasteiger partial charge is 0.379 e. The number of likely N-dealkylation sites (N-methyl/N-ethyl adjacent to an activating group) is 1. The van der Waals surface area contributed by atoms with E-state index in [9.17, 15) is 4.79 Å². The minimum Gasteiger partial charge on any atom is -0.379 e. The molecule has 5 nitrogen and oxygen atoms in total. The molecule has 0 aliphatic carbocycles. The quantitative estimate of drug-likeness (QED) is 0.645. The zero-order valence-electron chi connectivity index (χ0n) is 11.9. The molecule has 0 aromatic rings. The molecule has 106 valence electrons. The third-order valence-corrected chi connectivity index (χ3v) is 3.97. The number of morpholine rings is 1. The Morgan fingerprint density at radius 2 is 2.28 bits per heavy atom. The van der Waals surface area contributed by atoms with Crippen molar-refractivity contribution in [2.24, 2.45) is 5.73 Å². The fourth-order valence-electron chi connectivity index (χ4n) is 2.26. The van der Waals surface area contributed by atoms with Crippen LogP contribution in [0.2, 0.25) is 0 Å².